The predicted molar refractivity (Wildman–Crippen MR) is 173 cm³/mol. The highest BCUT2D eigenvalue weighted by atomic mass is 19.1. The maximum atomic E-state index is 13.7. The normalized spacial score (nSPS) is 11.0. The largest absolute Gasteiger partial charge is 0.340 e. The van der Waals surface area contributed by atoms with Crippen LogP contribution in [0.2, 0.25) is 0 Å². The van der Waals surface area contributed by atoms with Gasteiger partial charge in [0.2, 0.25) is 0 Å². The molecule has 0 bridgehead atoms. The summed E-state index contributed by atoms with van der Waals surface area (Å²) in [6, 6.07) is 18.7. The van der Waals surface area contributed by atoms with Gasteiger partial charge in [-0.05, 0) is 57.5 Å². The number of amides is 2. The highest BCUT2D eigenvalue weighted by molar-refractivity contribution is 6.07. The fourth-order valence-corrected chi connectivity index (χ4v) is 4.44. The van der Waals surface area contributed by atoms with Gasteiger partial charge in [0.15, 0.2) is 11.6 Å². The summed E-state index contributed by atoms with van der Waals surface area (Å²) in [6.45, 7) is 9.45. The molecule has 0 aliphatic carbocycles. The quantitative estimate of drug-likeness (QED) is 0.107. The summed E-state index contributed by atoms with van der Waals surface area (Å²) in [6.07, 6.45) is 2.28. The monoisotopic (exact) mass is 660 g/mol. The highest BCUT2D eigenvalue weighted by Crippen LogP contribution is 2.19. The van der Waals surface area contributed by atoms with Gasteiger partial charge >= 0.3 is 0 Å². The molecular formula is C37H32F4N2O5. The number of halogens is 4. The van der Waals surface area contributed by atoms with Crippen molar-refractivity contribution in [3.05, 3.63) is 148 Å². The molecular weight excluding hydrogens is 628 g/mol. The molecule has 48 heavy (non-hydrogen) atoms. The molecule has 0 aromatic heterocycles. The Labute approximate surface area is 274 Å². The van der Waals surface area contributed by atoms with Crippen LogP contribution in [0.15, 0.2) is 91.5 Å². The predicted octanol–water partition coefficient (Wildman–Crippen LogP) is 7.17. The van der Waals surface area contributed by atoms with Crippen molar-refractivity contribution in [2.45, 2.75) is 38.8 Å². The van der Waals surface area contributed by atoms with Crippen LogP contribution in [0.5, 0.6) is 0 Å². The summed E-state index contributed by atoms with van der Waals surface area (Å²) in [5.74, 6) is -6.80. The van der Waals surface area contributed by atoms with Crippen molar-refractivity contribution in [2.75, 3.05) is 0 Å². The average Bonchev–Trinajstić information content (AvgIpc) is 3.04. The number of carbonyl (C=O) groups excluding carboxylic acids is 5. The zero-order valence-electron chi connectivity index (χ0n) is 26.5. The van der Waals surface area contributed by atoms with E-state index in [4.69, 9.17) is 0 Å². The molecule has 4 rings (SSSR count). The molecule has 0 saturated heterocycles. The van der Waals surface area contributed by atoms with Crippen LogP contribution in [0.3, 0.4) is 0 Å². The van der Waals surface area contributed by atoms with E-state index in [-0.39, 0.29) is 11.3 Å². The summed E-state index contributed by atoms with van der Waals surface area (Å²) < 4.78 is 54.7. The second-order valence-electron chi connectivity index (χ2n) is 11.6. The van der Waals surface area contributed by atoms with Crippen LogP contribution in [0.25, 0.3) is 6.08 Å². The molecule has 248 valence electrons. The molecule has 0 radical (unpaired) electrons. The lowest BCUT2D eigenvalue weighted by Gasteiger charge is -2.25. The number of rotatable bonds is 10. The Kier molecular flexibility index (Phi) is 11.7. The van der Waals surface area contributed by atoms with E-state index in [2.05, 4.69) is 17.2 Å². The lowest BCUT2D eigenvalue weighted by molar-refractivity contribution is 0.0793. The van der Waals surface area contributed by atoms with Gasteiger partial charge in [-0.3, -0.25) is 24.0 Å². The number of nitrogens with one attached hydrogen (secondary N) is 2. The van der Waals surface area contributed by atoms with Crippen LogP contribution in [0, 0.1) is 23.3 Å². The lowest BCUT2D eigenvalue weighted by Crippen LogP contribution is -2.50. The smallest absolute Gasteiger partial charge is 0.258 e. The molecule has 2 amide bonds. The number of aldehydes is 1. The summed E-state index contributed by atoms with van der Waals surface area (Å²) in [5, 5.41) is 4.74. The Morgan fingerprint density at radius 3 is 1.17 bits per heavy atom. The minimum absolute atomic E-state index is 0.264. The molecule has 4 aromatic rings. The van der Waals surface area contributed by atoms with Crippen LogP contribution in [-0.4, -0.2) is 40.7 Å². The van der Waals surface area contributed by atoms with E-state index in [9.17, 15) is 41.5 Å². The summed E-state index contributed by atoms with van der Waals surface area (Å²) in [5.41, 5.74) is -2.28. The van der Waals surface area contributed by atoms with Gasteiger partial charge in [0.1, 0.15) is 40.7 Å². The summed E-state index contributed by atoms with van der Waals surface area (Å²) in [7, 11) is 0. The molecule has 2 N–H and O–H groups in total. The Bertz CT molecular complexity index is 1690. The number of hydrogen-bond donors (Lipinski definition) is 2. The maximum absolute atomic E-state index is 13.7. The SMILES string of the molecule is C=Cc1ccc(C(=O)C(C)(C)NC(=O)c2c(F)cccc2F)cc1.CC(C)(NC(=O)c1c(F)cccc1F)C(=O)c1ccc(C=O)cc1. The molecule has 0 unspecified atom stereocenters. The summed E-state index contributed by atoms with van der Waals surface area (Å²) >= 11 is 0. The minimum atomic E-state index is -1.39. The van der Waals surface area contributed by atoms with E-state index >= 15 is 0 Å². The zero-order chi connectivity index (χ0) is 35.8. The Hall–Kier alpha value is -5.71. The third-order valence-corrected chi connectivity index (χ3v) is 7.08. The van der Waals surface area contributed by atoms with E-state index < -0.39 is 63.1 Å². The minimum Gasteiger partial charge on any atom is -0.340 e. The van der Waals surface area contributed by atoms with Crippen molar-refractivity contribution in [1.82, 2.24) is 10.6 Å². The molecule has 0 saturated carbocycles. The lowest BCUT2D eigenvalue weighted by atomic mass is 9.92. The van der Waals surface area contributed by atoms with Gasteiger partial charge in [-0.1, -0.05) is 73.3 Å². The standard InChI is InChI=1S/C19H17F2NO2.C18H15F2NO3/c1-4-12-8-10-13(11-9-12)17(23)19(2,3)22-18(24)16-14(20)6-5-7-15(16)21;1-18(2,16(23)12-8-6-11(10-22)7-9-12)21-17(24)15-13(19)4-3-5-14(15)20/h4-11H,1H2,2-3H3,(H,22,24);3-10H,1-2H3,(H,21,24). The molecule has 0 aliphatic heterocycles. The Balaban J connectivity index is 0.000000260. The summed E-state index contributed by atoms with van der Waals surface area (Å²) in [4.78, 5) is 60.1. The van der Waals surface area contributed by atoms with E-state index in [1.54, 1.807) is 30.3 Å². The third kappa shape index (κ3) is 8.75. The molecule has 7 nitrogen and oxygen atoms in total. The number of ketones is 2. The van der Waals surface area contributed by atoms with Gasteiger partial charge < -0.3 is 10.6 Å². The molecule has 0 fully saturated rings. The molecule has 0 aliphatic rings. The van der Waals surface area contributed by atoms with E-state index in [0.717, 1.165) is 35.9 Å². The average molecular weight is 661 g/mol. The van der Waals surface area contributed by atoms with E-state index in [1.807, 2.05) is 0 Å². The number of carbonyl (C=O) groups is 5. The third-order valence-electron chi connectivity index (χ3n) is 7.08. The number of Topliss-reactive ketones (excluding diaryl/α,β-unsaturated/α-hetero) is 2. The van der Waals surface area contributed by atoms with Crippen molar-refractivity contribution in [1.29, 1.82) is 0 Å². The molecule has 0 atom stereocenters. The van der Waals surface area contributed by atoms with Crippen LogP contribution in [-0.2, 0) is 0 Å². The first-order valence-electron chi connectivity index (χ1n) is 14.4. The first kappa shape index (κ1) is 36.8. The Morgan fingerprint density at radius 1 is 0.562 bits per heavy atom. The van der Waals surface area contributed by atoms with Gasteiger partial charge in [0.05, 0.1) is 11.1 Å². The van der Waals surface area contributed by atoms with Crippen LogP contribution < -0.4 is 10.6 Å². The van der Waals surface area contributed by atoms with Crippen LogP contribution >= 0.6 is 0 Å². The number of hydrogen-bond acceptors (Lipinski definition) is 5. The number of benzene rings is 4. The van der Waals surface area contributed by atoms with Crippen molar-refractivity contribution >= 4 is 35.7 Å². The van der Waals surface area contributed by atoms with Crippen LogP contribution in [0.1, 0.15) is 85.0 Å². The zero-order valence-corrected chi connectivity index (χ0v) is 26.5. The van der Waals surface area contributed by atoms with E-state index in [0.29, 0.717) is 17.4 Å². The van der Waals surface area contributed by atoms with Crippen molar-refractivity contribution in [3.8, 4) is 0 Å². The molecule has 0 spiro atoms. The van der Waals surface area contributed by atoms with Crippen molar-refractivity contribution in [2.24, 2.45) is 0 Å². The molecule has 11 heteroatoms. The maximum Gasteiger partial charge on any atom is 0.258 e. The topological polar surface area (TPSA) is 109 Å². The van der Waals surface area contributed by atoms with Gasteiger partial charge in [0, 0.05) is 16.7 Å². The van der Waals surface area contributed by atoms with Crippen molar-refractivity contribution in [3.63, 3.8) is 0 Å². The Morgan fingerprint density at radius 2 is 0.875 bits per heavy atom. The van der Waals surface area contributed by atoms with Gasteiger partial charge in [-0.25, -0.2) is 17.6 Å². The van der Waals surface area contributed by atoms with Gasteiger partial charge in [-0.15, -0.1) is 0 Å². The van der Waals surface area contributed by atoms with Gasteiger partial charge in [-0.2, -0.15) is 0 Å². The second kappa shape index (κ2) is 15.3. The molecule has 0 heterocycles. The van der Waals surface area contributed by atoms with E-state index in [1.165, 1.54) is 58.0 Å². The van der Waals surface area contributed by atoms with Crippen molar-refractivity contribution < 1.29 is 41.5 Å². The molecule has 4 aromatic carbocycles. The first-order chi connectivity index (χ1) is 22.5. The highest BCUT2D eigenvalue weighted by Gasteiger charge is 2.33. The second-order valence-corrected chi connectivity index (χ2v) is 11.6. The fraction of sp³-hybridized carbons (Fsp3) is 0.162. The fourth-order valence-electron chi connectivity index (χ4n) is 4.44. The van der Waals surface area contributed by atoms with Gasteiger partial charge in [0.25, 0.3) is 11.8 Å². The van der Waals surface area contributed by atoms with Crippen LogP contribution in [0.4, 0.5) is 17.6 Å². The first-order valence-corrected chi connectivity index (χ1v) is 14.4.